The summed E-state index contributed by atoms with van der Waals surface area (Å²) in [6.07, 6.45) is 4.67. The largest absolute Gasteiger partial charge is 0.497 e. The van der Waals surface area contributed by atoms with Gasteiger partial charge in [-0.05, 0) is 74.1 Å². The summed E-state index contributed by atoms with van der Waals surface area (Å²) in [7, 11) is 1.65. The second-order valence-corrected chi connectivity index (χ2v) is 7.95. The van der Waals surface area contributed by atoms with E-state index in [9.17, 15) is 9.18 Å². The van der Waals surface area contributed by atoms with Crippen molar-refractivity contribution in [2.24, 2.45) is 0 Å². The molecule has 3 aromatic rings. The van der Waals surface area contributed by atoms with Gasteiger partial charge in [0.1, 0.15) is 11.6 Å². The molecule has 1 fully saturated rings. The van der Waals surface area contributed by atoms with Crippen molar-refractivity contribution < 1.29 is 13.9 Å². The van der Waals surface area contributed by atoms with Crippen molar-refractivity contribution in [2.75, 3.05) is 13.7 Å². The minimum absolute atomic E-state index is 0.00710. The van der Waals surface area contributed by atoms with Gasteiger partial charge in [-0.1, -0.05) is 12.1 Å². The van der Waals surface area contributed by atoms with Gasteiger partial charge in [0.25, 0.3) is 5.91 Å². The molecule has 1 atom stereocenters. The SMILES string of the molecule is COc1ccc([C@@H]2CCCN2C(=O)c2nn(-c3ccc(F)cc3)c3c2CCC3)cc1. The van der Waals surface area contributed by atoms with Gasteiger partial charge in [-0.15, -0.1) is 0 Å². The monoisotopic (exact) mass is 405 g/mol. The lowest BCUT2D eigenvalue weighted by Crippen LogP contribution is -2.31. The standard InChI is InChI=1S/C24H24FN3O2/c1-30-19-13-7-16(8-14-19)21-6-3-15-27(21)24(29)23-20-4-2-5-22(20)28(26-23)18-11-9-17(25)10-12-18/h7-14,21H,2-6,15H2,1H3/t21-/m0/s1. The number of rotatable bonds is 4. The zero-order valence-corrected chi connectivity index (χ0v) is 17.0. The third-order valence-corrected chi connectivity index (χ3v) is 6.22. The lowest BCUT2D eigenvalue weighted by atomic mass is 10.0. The van der Waals surface area contributed by atoms with Crippen molar-refractivity contribution in [3.8, 4) is 11.4 Å². The van der Waals surface area contributed by atoms with E-state index < -0.39 is 0 Å². The van der Waals surface area contributed by atoms with Crippen LogP contribution in [-0.2, 0) is 12.8 Å². The molecule has 30 heavy (non-hydrogen) atoms. The zero-order chi connectivity index (χ0) is 20.7. The summed E-state index contributed by atoms with van der Waals surface area (Å²) < 4.78 is 20.5. The molecule has 0 unspecified atom stereocenters. The maximum absolute atomic E-state index is 13.6. The number of hydrogen-bond donors (Lipinski definition) is 0. The highest BCUT2D eigenvalue weighted by atomic mass is 19.1. The van der Waals surface area contributed by atoms with E-state index in [-0.39, 0.29) is 17.8 Å². The average Bonchev–Trinajstić information content (AvgIpc) is 3.51. The Bertz CT molecular complexity index is 1070. The Hall–Kier alpha value is -3.15. The van der Waals surface area contributed by atoms with Crippen molar-refractivity contribution in [1.29, 1.82) is 0 Å². The Morgan fingerprint density at radius 1 is 1.07 bits per heavy atom. The van der Waals surface area contributed by atoms with Gasteiger partial charge in [-0.3, -0.25) is 4.79 Å². The summed E-state index contributed by atoms with van der Waals surface area (Å²) >= 11 is 0. The molecule has 0 radical (unpaired) electrons. The quantitative estimate of drug-likeness (QED) is 0.643. The van der Waals surface area contributed by atoms with Crippen LogP contribution < -0.4 is 4.74 Å². The lowest BCUT2D eigenvalue weighted by Gasteiger charge is -2.25. The molecule has 2 aliphatic rings. The first-order valence-corrected chi connectivity index (χ1v) is 10.5. The maximum Gasteiger partial charge on any atom is 0.275 e. The second-order valence-electron chi connectivity index (χ2n) is 7.95. The summed E-state index contributed by atoms with van der Waals surface area (Å²) in [5, 5.41) is 4.71. The fourth-order valence-electron chi connectivity index (χ4n) is 4.72. The Balaban J connectivity index is 1.48. The smallest absolute Gasteiger partial charge is 0.275 e. The van der Waals surface area contributed by atoms with Crippen LogP contribution in [0.2, 0.25) is 0 Å². The molecule has 1 saturated heterocycles. The highest BCUT2D eigenvalue weighted by molar-refractivity contribution is 5.94. The highest BCUT2D eigenvalue weighted by Crippen LogP contribution is 2.36. The number of nitrogens with zero attached hydrogens (tertiary/aromatic N) is 3. The van der Waals surface area contributed by atoms with Crippen LogP contribution in [0.5, 0.6) is 5.75 Å². The number of aromatic nitrogens is 2. The van der Waals surface area contributed by atoms with E-state index in [4.69, 9.17) is 9.84 Å². The number of halogens is 1. The Kier molecular flexibility index (Phi) is 4.77. The third kappa shape index (κ3) is 3.16. The number of fused-ring (bicyclic) bond motifs is 1. The van der Waals surface area contributed by atoms with Crippen LogP contribution in [0.3, 0.4) is 0 Å². The number of benzene rings is 2. The number of ether oxygens (including phenoxy) is 1. The Morgan fingerprint density at radius 3 is 2.57 bits per heavy atom. The minimum atomic E-state index is -0.279. The summed E-state index contributed by atoms with van der Waals surface area (Å²) in [6, 6.07) is 14.3. The topological polar surface area (TPSA) is 47.4 Å². The fourth-order valence-corrected chi connectivity index (χ4v) is 4.72. The van der Waals surface area contributed by atoms with Crippen LogP contribution in [0.1, 0.15) is 52.6 Å². The van der Waals surface area contributed by atoms with Gasteiger partial charge in [0.05, 0.1) is 18.8 Å². The number of likely N-dealkylation sites (tertiary alicyclic amines) is 1. The zero-order valence-electron chi connectivity index (χ0n) is 17.0. The number of methoxy groups -OCH3 is 1. The van der Waals surface area contributed by atoms with E-state index in [0.717, 1.165) is 66.9 Å². The van der Waals surface area contributed by atoms with Crippen molar-refractivity contribution in [2.45, 2.75) is 38.1 Å². The first-order chi connectivity index (χ1) is 14.7. The first kappa shape index (κ1) is 18.9. The summed E-state index contributed by atoms with van der Waals surface area (Å²) in [6.45, 7) is 0.730. The van der Waals surface area contributed by atoms with Crippen molar-refractivity contribution in [3.05, 3.63) is 76.9 Å². The van der Waals surface area contributed by atoms with Gasteiger partial charge in [0.15, 0.2) is 5.69 Å². The number of carbonyl (C=O) groups excluding carboxylic acids is 1. The van der Waals surface area contributed by atoms with Gasteiger partial charge in [-0.25, -0.2) is 9.07 Å². The highest BCUT2D eigenvalue weighted by Gasteiger charge is 2.35. The molecule has 1 aromatic heterocycles. The van der Waals surface area contributed by atoms with Gasteiger partial charge < -0.3 is 9.64 Å². The first-order valence-electron chi connectivity index (χ1n) is 10.5. The Morgan fingerprint density at radius 2 is 1.83 bits per heavy atom. The molecule has 1 aliphatic heterocycles. The van der Waals surface area contributed by atoms with E-state index in [1.807, 2.05) is 33.8 Å². The van der Waals surface area contributed by atoms with Crippen molar-refractivity contribution >= 4 is 5.91 Å². The summed E-state index contributed by atoms with van der Waals surface area (Å²) in [5.41, 5.74) is 4.58. The number of carbonyl (C=O) groups is 1. The predicted octanol–water partition coefficient (Wildman–Crippen LogP) is 4.49. The van der Waals surface area contributed by atoms with E-state index in [1.165, 1.54) is 12.1 Å². The molecule has 0 saturated carbocycles. The van der Waals surface area contributed by atoms with E-state index >= 15 is 0 Å². The Labute approximate surface area is 175 Å². The third-order valence-electron chi connectivity index (χ3n) is 6.22. The molecular formula is C24H24FN3O2. The summed E-state index contributed by atoms with van der Waals surface area (Å²) in [4.78, 5) is 15.5. The van der Waals surface area contributed by atoms with E-state index in [1.54, 1.807) is 19.2 Å². The molecule has 1 amide bonds. The van der Waals surface area contributed by atoms with E-state index in [0.29, 0.717) is 5.69 Å². The normalized spacial score (nSPS) is 17.9. The predicted molar refractivity (Wildman–Crippen MR) is 112 cm³/mol. The molecule has 0 bridgehead atoms. The molecule has 0 N–H and O–H groups in total. The molecule has 6 heteroatoms. The van der Waals surface area contributed by atoms with Gasteiger partial charge in [0.2, 0.25) is 0 Å². The second kappa shape index (κ2) is 7.59. The average molecular weight is 405 g/mol. The summed E-state index contributed by atoms with van der Waals surface area (Å²) in [5.74, 6) is 0.524. The van der Waals surface area contributed by atoms with Crippen LogP contribution in [0.4, 0.5) is 4.39 Å². The van der Waals surface area contributed by atoms with Crippen LogP contribution in [0.25, 0.3) is 5.69 Å². The van der Waals surface area contributed by atoms with Crippen molar-refractivity contribution in [1.82, 2.24) is 14.7 Å². The van der Waals surface area contributed by atoms with Crippen LogP contribution in [-0.4, -0.2) is 34.2 Å². The molecule has 154 valence electrons. The molecule has 2 heterocycles. The number of amides is 1. The van der Waals surface area contributed by atoms with E-state index in [2.05, 4.69) is 0 Å². The molecule has 5 rings (SSSR count). The van der Waals surface area contributed by atoms with Gasteiger partial charge in [0, 0.05) is 17.8 Å². The molecular weight excluding hydrogens is 381 g/mol. The van der Waals surface area contributed by atoms with Gasteiger partial charge in [-0.2, -0.15) is 5.10 Å². The number of hydrogen-bond acceptors (Lipinski definition) is 3. The molecule has 1 aliphatic carbocycles. The van der Waals surface area contributed by atoms with Crippen LogP contribution >= 0.6 is 0 Å². The van der Waals surface area contributed by atoms with Gasteiger partial charge >= 0.3 is 0 Å². The minimum Gasteiger partial charge on any atom is -0.497 e. The maximum atomic E-state index is 13.6. The fraction of sp³-hybridized carbons (Fsp3) is 0.333. The lowest BCUT2D eigenvalue weighted by molar-refractivity contribution is 0.0728. The van der Waals surface area contributed by atoms with Crippen molar-refractivity contribution in [3.63, 3.8) is 0 Å². The van der Waals surface area contributed by atoms with Crippen LogP contribution in [0, 0.1) is 5.82 Å². The molecule has 5 nitrogen and oxygen atoms in total. The van der Waals surface area contributed by atoms with Crippen LogP contribution in [0.15, 0.2) is 48.5 Å². The molecule has 2 aromatic carbocycles. The molecule has 0 spiro atoms.